The molecule has 0 aliphatic heterocycles. The summed E-state index contributed by atoms with van der Waals surface area (Å²) in [4.78, 5) is 27.6. The Bertz CT molecular complexity index is 700. The van der Waals surface area contributed by atoms with E-state index in [4.69, 9.17) is 0 Å². The van der Waals surface area contributed by atoms with Gasteiger partial charge in [-0.25, -0.2) is 4.98 Å². The average molecular weight is 351 g/mol. The molecule has 124 valence electrons. The molecule has 5 nitrogen and oxygen atoms in total. The molecule has 2 amide bonds. The largest absolute Gasteiger partial charge is 0.325 e. The summed E-state index contributed by atoms with van der Waals surface area (Å²) in [5.41, 5.74) is 1.56. The fourth-order valence-electron chi connectivity index (χ4n) is 1.93. The second kappa shape index (κ2) is 8.31. The quantitative estimate of drug-likeness (QED) is 0.736. The Kier molecular flexibility index (Phi) is 6.41. The third-order valence-corrected chi connectivity index (χ3v) is 5.35. The molecule has 1 aromatic heterocycles. The summed E-state index contributed by atoms with van der Waals surface area (Å²) >= 11 is 3.07. The highest BCUT2D eigenvalue weighted by atomic mass is 32.2. The predicted octanol–water partition coefficient (Wildman–Crippen LogP) is 4.12. The summed E-state index contributed by atoms with van der Waals surface area (Å²) in [5, 5.41) is 6.12. The van der Waals surface area contributed by atoms with E-state index in [-0.39, 0.29) is 17.1 Å². The highest BCUT2D eigenvalue weighted by Crippen LogP contribution is 2.28. The number of fused-ring (bicyclic) bond motifs is 1. The Morgan fingerprint density at radius 2 is 2.13 bits per heavy atom. The smallest absolute Gasteiger partial charge is 0.237 e. The Morgan fingerprint density at radius 3 is 2.83 bits per heavy atom. The van der Waals surface area contributed by atoms with E-state index >= 15 is 0 Å². The minimum atomic E-state index is -0.143. The molecule has 0 spiro atoms. The van der Waals surface area contributed by atoms with E-state index in [0.717, 1.165) is 34.5 Å². The monoisotopic (exact) mass is 351 g/mol. The number of carbonyl (C=O) groups is 2. The first kappa shape index (κ1) is 17.7. The summed E-state index contributed by atoms with van der Waals surface area (Å²) < 4.78 is 0.929. The molecule has 0 saturated carbocycles. The molecule has 2 rings (SSSR count). The molecule has 1 unspecified atom stereocenters. The topological polar surface area (TPSA) is 71.1 Å². The molecule has 0 aliphatic carbocycles. The number of unbranched alkanes of at least 4 members (excludes halogenated alkanes) is 1. The Morgan fingerprint density at radius 1 is 1.35 bits per heavy atom. The normalized spacial score (nSPS) is 12.1. The first-order chi connectivity index (χ1) is 11.0. The van der Waals surface area contributed by atoms with Crippen molar-refractivity contribution in [2.45, 2.75) is 38.9 Å². The van der Waals surface area contributed by atoms with Gasteiger partial charge in [-0.05, 0) is 37.3 Å². The Labute approximate surface area is 144 Å². The van der Waals surface area contributed by atoms with Gasteiger partial charge in [0, 0.05) is 12.6 Å². The molecule has 23 heavy (non-hydrogen) atoms. The van der Waals surface area contributed by atoms with Crippen molar-refractivity contribution in [3.05, 3.63) is 18.2 Å². The number of aromatic nitrogens is 1. The highest BCUT2D eigenvalue weighted by molar-refractivity contribution is 8.00. The SMILES string of the molecule is CCCCSC(C)C(=O)Nc1ccc2nc(NC(C)=O)sc2c1. The van der Waals surface area contributed by atoms with Gasteiger partial charge in [0.05, 0.1) is 15.5 Å². The first-order valence-corrected chi connectivity index (χ1v) is 9.46. The number of thiazole rings is 1. The fraction of sp³-hybridized carbons (Fsp3) is 0.438. The predicted molar refractivity (Wildman–Crippen MR) is 99.4 cm³/mol. The van der Waals surface area contributed by atoms with Crippen LogP contribution < -0.4 is 10.6 Å². The van der Waals surface area contributed by atoms with E-state index in [1.54, 1.807) is 11.8 Å². The molecule has 0 bridgehead atoms. The molecule has 0 radical (unpaired) electrons. The lowest BCUT2D eigenvalue weighted by Gasteiger charge is -2.11. The minimum absolute atomic E-state index is 0.0112. The summed E-state index contributed by atoms with van der Waals surface area (Å²) in [6.45, 7) is 5.52. The summed E-state index contributed by atoms with van der Waals surface area (Å²) in [6.07, 6.45) is 2.26. The molecular formula is C16H21N3O2S2. The van der Waals surface area contributed by atoms with E-state index in [1.165, 1.54) is 18.3 Å². The number of amides is 2. The molecule has 2 aromatic rings. The second-order valence-corrected chi connectivity index (χ2v) is 7.72. The van der Waals surface area contributed by atoms with Crippen LogP contribution in [-0.2, 0) is 9.59 Å². The molecule has 1 atom stereocenters. The number of rotatable bonds is 7. The van der Waals surface area contributed by atoms with E-state index in [1.807, 2.05) is 25.1 Å². The standard InChI is InChI=1S/C16H21N3O2S2/c1-4-5-8-22-10(2)15(21)18-12-6-7-13-14(9-12)23-16(19-13)17-11(3)20/h6-7,9-10H,4-5,8H2,1-3H3,(H,18,21)(H,17,19,20). The lowest BCUT2D eigenvalue weighted by atomic mass is 10.3. The van der Waals surface area contributed by atoms with Gasteiger partial charge >= 0.3 is 0 Å². The van der Waals surface area contributed by atoms with Crippen LogP contribution in [0.5, 0.6) is 0 Å². The maximum atomic E-state index is 12.2. The van der Waals surface area contributed by atoms with Gasteiger partial charge in [-0.3, -0.25) is 9.59 Å². The van der Waals surface area contributed by atoms with Gasteiger partial charge in [0.1, 0.15) is 0 Å². The number of anilines is 2. The minimum Gasteiger partial charge on any atom is -0.325 e. The van der Waals surface area contributed by atoms with Crippen LogP contribution in [0.4, 0.5) is 10.8 Å². The van der Waals surface area contributed by atoms with Crippen LogP contribution in [0.25, 0.3) is 10.2 Å². The summed E-state index contributed by atoms with van der Waals surface area (Å²) in [6, 6.07) is 5.57. The lowest BCUT2D eigenvalue weighted by Crippen LogP contribution is -2.22. The zero-order valence-corrected chi connectivity index (χ0v) is 15.1. The van der Waals surface area contributed by atoms with Gasteiger partial charge < -0.3 is 10.6 Å². The molecule has 7 heteroatoms. The number of hydrogen-bond acceptors (Lipinski definition) is 5. The van der Waals surface area contributed by atoms with Crippen molar-refractivity contribution in [3.8, 4) is 0 Å². The maximum absolute atomic E-state index is 12.2. The molecular weight excluding hydrogens is 330 g/mol. The van der Waals surface area contributed by atoms with Crippen molar-refractivity contribution in [1.82, 2.24) is 4.98 Å². The van der Waals surface area contributed by atoms with Gasteiger partial charge in [-0.15, -0.1) is 11.8 Å². The van der Waals surface area contributed by atoms with E-state index < -0.39 is 0 Å². The summed E-state index contributed by atoms with van der Waals surface area (Å²) in [5.74, 6) is 0.867. The third kappa shape index (κ3) is 5.21. The maximum Gasteiger partial charge on any atom is 0.237 e. The third-order valence-electron chi connectivity index (χ3n) is 3.17. The van der Waals surface area contributed by atoms with E-state index in [9.17, 15) is 9.59 Å². The van der Waals surface area contributed by atoms with Crippen molar-refractivity contribution in [3.63, 3.8) is 0 Å². The van der Waals surface area contributed by atoms with E-state index in [2.05, 4.69) is 22.5 Å². The van der Waals surface area contributed by atoms with E-state index in [0.29, 0.717) is 5.13 Å². The van der Waals surface area contributed by atoms with Crippen molar-refractivity contribution in [2.24, 2.45) is 0 Å². The second-order valence-electron chi connectivity index (χ2n) is 5.24. The van der Waals surface area contributed by atoms with Crippen molar-refractivity contribution < 1.29 is 9.59 Å². The molecule has 1 heterocycles. The molecule has 0 saturated heterocycles. The van der Waals surface area contributed by atoms with Crippen LogP contribution >= 0.6 is 23.1 Å². The van der Waals surface area contributed by atoms with Crippen LogP contribution in [-0.4, -0.2) is 27.8 Å². The lowest BCUT2D eigenvalue weighted by molar-refractivity contribution is -0.115. The Hall–Kier alpha value is -1.60. The number of hydrogen-bond donors (Lipinski definition) is 2. The fourth-order valence-corrected chi connectivity index (χ4v) is 3.90. The van der Waals surface area contributed by atoms with Crippen LogP contribution in [0.2, 0.25) is 0 Å². The number of thioether (sulfide) groups is 1. The molecule has 0 aliphatic rings. The van der Waals surface area contributed by atoms with Crippen molar-refractivity contribution in [1.29, 1.82) is 0 Å². The van der Waals surface area contributed by atoms with Gasteiger partial charge in [0.2, 0.25) is 11.8 Å². The van der Waals surface area contributed by atoms with Crippen LogP contribution in [0.1, 0.15) is 33.6 Å². The van der Waals surface area contributed by atoms with Crippen LogP contribution in [0.3, 0.4) is 0 Å². The number of nitrogens with zero attached hydrogens (tertiary/aromatic N) is 1. The van der Waals surface area contributed by atoms with Gasteiger partial charge in [0.15, 0.2) is 5.13 Å². The molecule has 1 aromatic carbocycles. The summed E-state index contributed by atoms with van der Waals surface area (Å²) in [7, 11) is 0. The number of benzene rings is 1. The van der Waals surface area contributed by atoms with Crippen molar-refractivity contribution >= 4 is 55.9 Å². The molecule has 0 fully saturated rings. The first-order valence-electron chi connectivity index (χ1n) is 7.60. The number of carbonyl (C=O) groups excluding carboxylic acids is 2. The van der Waals surface area contributed by atoms with Crippen LogP contribution in [0, 0.1) is 0 Å². The highest BCUT2D eigenvalue weighted by Gasteiger charge is 2.14. The zero-order chi connectivity index (χ0) is 16.8. The number of nitrogens with one attached hydrogen (secondary N) is 2. The van der Waals surface area contributed by atoms with Gasteiger partial charge in [-0.2, -0.15) is 0 Å². The van der Waals surface area contributed by atoms with Gasteiger partial charge in [0.25, 0.3) is 0 Å². The van der Waals surface area contributed by atoms with Gasteiger partial charge in [-0.1, -0.05) is 24.7 Å². The molecule has 2 N–H and O–H groups in total. The van der Waals surface area contributed by atoms with Crippen molar-refractivity contribution in [2.75, 3.05) is 16.4 Å². The van der Waals surface area contributed by atoms with Crippen LogP contribution in [0.15, 0.2) is 18.2 Å². The Balaban J connectivity index is 2.02. The average Bonchev–Trinajstić information content (AvgIpc) is 2.87. The zero-order valence-electron chi connectivity index (χ0n) is 13.5.